The first-order chi connectivity index (χ1) is 8.65. The first kappa shape index (κ1) is 15.8. The highest BCUT2D eigenvalue weighted by Gasteiger charge is 2.10. The molecule has 0 aliphatic carbocycles. The maximum Gasteiger partial charge on any atom is 0.0625 e. The smallest absolute Gasteiger partial charge is 0.0625 e. The molecule has 0 fully saturated rings. The Balaban J connectivity index is 2.31. The monoisotopic (exact) mass is 288 g/mol. The summed E-state index contributed by atoms with van der Waals surface area (Å²) in [5.41, 5.74) is 0.935. The summed E-state index contributed by atoms with van der Waals surface area (Å²) in [4.78, 5) is 0. The fraction of sp³-hybridized carbons (Fsp3) is 0.600. The van der Waals surface area contributed by atoms with E-state index in [4.69, 9.17) is 23.2 Å². The summed E-state index contributed by atoms with van der Waals surface area (Å²) in [6, 6.07) is 5.57. The molecule has 1 unspecified atom stereocenters. The molecule has 0 bridgehead atoms. The van der Waals surface area contributed by atoms with Crippen LogP contribution in [0.4, 0.5) is 0 Å². The molecule has 0 spiro atoms. The van der Waals surface area contributed by atoms with Crippen molar-refractivity contribution in [3.8, 4) is 0 Å². The summed E-state index contributed by atoms with van der Waals surface area (Å²) < 4.78 is 0. The van der Waals surface area contributed by atoms with Gasteiger partial charge in [-0.3, -0.25) is 0 Å². The molecule has 3 heteroatoms. The zero-order valence-corrected chi connectivity index (χ0v) is 12.5. The zero-order chi connectivity index (χ0) is 13.4. The number of rotatable bonds is 8. The maximum absolute atomic E-state index is 9.97. The minimum Gasteiger partial charge on any atom is -0.393 e. The fourth-order valence-electron chi connectivity index (χ4n) is 2.05. The van der Waals surface area contributed by atoms with Gasteiger partial charge in [-0.2, -0.15) is 0 Å². The second-order valence-corrected chi connectivity index (χ2v) is 5.56. The number of aliphatic hydroxyl groups is 1. The number of halogens is 2. The van der Waals surface area contributed by atoms with E-state index in [2.05, 4.69) is 6.92 Å². The molecule has 1 aromatic carbocycles. The van der Waals surface area contributed by atoms with Crippen LogP contribution in [-0.2, 0) is 6.42 Å². The van der Waals surface area contributed by atoms with Gasteiger partial charge in [0.1, 0.15) is 0 Å². The summed E-state index contributed by atoms with van der Waals surface area (Å²) in [7, 11) is 0. The van der Waals surface area contributed by atoms with Crippen LogP contribution >= 0.6 is 23.2 Å². The van der Waals surface area contributed by atoms with Gasteiger partial charge in [0.15, 0.2) is 0 Å². The fourth-order valence-corrected chi connectivity index (χ4v) is 2.44. The average Bonchev–Trinajstić information content (AvgIpc) is 2.35. The van der Waals surface area contributed by atoms with Gasteiger partial charge in [0, 0.05) is 0 Å². The highest BCUT2D eigenvalue weighted by atomic mass is 35.5. The Morgan fingerprint density at radius 3 is 2.56 bits per heavy atom. The van der Waals surface area contributed by atoms with Crippen LogP contribution in [0.3, 0.4) is 0 Å². The minimum atomic E-state index is -0.317. The van der Waals surface area contributed by atoms with Crippen LogP contribution < -0.4 is 0 Å². The lowest BCUT2D eigenvalue weighted by molar-refractivity contribution is 0.161. The summed E-state index contributed by atoms with van der Waals surface area (Å²) >= 11 is 12.0. The first-order valence-electron chi connectivity index (χ1n) is 6.76. The van der Waals surface area contributed by atoms with E-state index in [1.807, 2.05) is 12.1 Å². The molecular formula is C15H22Cl2O. The van der Waals surface area contributed by atoms with Gasteiger partial charge in [-0.15, -0.1) is 0 Å². The third-order valence-electron chi connectivity index (χ3n) is 3.13. The highest BCUT2D eigenvalue weighted by molar-refractivity contribution is 6.42. The summed E-state index contributed by atoms with van der Waals surface area (Å²) in [6.45, 7) is 2.20. The molecule has 0 saturated carbocycles. The largest absolute Gasteiger partial charge is 0.393 e. The number of unbranched alkanes of at least 4 members (excludes halogenated alkanes) is 4. The third kappa shape index (κ3) is 5.60. The predicted molar refractivity (Wildman–Crippen MR) is 79.5 cm³/mol. The van der Waals surface area contributed by atoms with Crippen LogP contribution in [0.25, 0.3) is 0 Å². The maximum atomic E-state index is 9.97. The van der Waals surface area contributed by atoms with Crippen molar-refractivity contribution in [3.05, 3.63) is 33.8 Å². The van der Waals surface area contributed by atoms with Gasteiger partial charge >= 0.3 is 0 Å². The Labute approximate surface area is 120 Å². The number of hydrogen-bond donors (Lipinski definition) is 1. The van der Waals surface area contributed by atoms with E-state index in [0.717, 1.165) is 18.4 Å². The predicted octanol–water partition coefficient (Wildman–Crippen LogP) is 5.26. The van der Waals surface area contributed by atoms with Gasteiger partial charge in [0.25, 0.3) is 0 Å². The van der Waals surface area contributed by atoms with E-state index in [9.17, 15) is 5.11 Å². The van der Waals surface area contributed by atoms with E-state index in [1.165, 1.54) is 25.7 Å². The lowest BCUT2D eigenvalue weighted by Crippen LogP contribution is -2.10. The van der Waals surface area contributed by atoms with E-state index in [1.54, 1.807) is 6.07 Å². The van der Waals surface area contributed by atoms with Gasteiger partial charge in [-0.05, 0) is 24.5 Å². The highest BCUT2D eigenvalue weighted by Crippen LogP contribution is 2.27. The van der Waals surface area contributed by atoms with Crippen molar-refractivity contribution in [1.29, 1.82) is 0 Å². The molecule has 102 valence electrons. The Morgan fingerprint density at radius 2 is 1.83 bits per heavy atom. The summed E-state index contributed by atoms with van der Waals surface area (Å²) in [5.74, 6) is 0. The van der Waals surface area contributed by atoms with Crippen LogP contribution in [0.5, 0.6) is 0 Å². The molecule has 0 saturated heterocycles. The second-order valence-electron chi connectivity index (χ2n) is 4.77. The van der Waals surface area contributed by atoms with Crippen molar-refractivity contribution in [2.75, 3.05) is 0 Å². The molecule has 1 atom stereocenters. The van der Waals surface area contributed by atoms with E-state index >= 15 is 0 Å². The summed E-state index contributed by atoms with van der Waals surface area (Å²) in [5, 5.41) is 11.1. The molecule has 1 nitrogen and oxygen atoms in total. The normalized spacial score (nSPS) is 12.7. The topological polar surface area (TPSA) is 20.2 Å². The Morgan fingerprint density at radius 1 is 1.11 bits per heavy atom. The van der Waals surface area contributed by atoms with Gasteiger partial charge in [0.05, 0.1) is 16.1 Å². The second kappa shape index (κ2) is 8.79. The van der Waals surface area contributed by atoms with Gasteiger partial charge < -0.3 is 5.11 Å². The van der Waals surface area contributed by atoms with Crippen LogP contribution in [0.2, 0.25) is 10.0 Å². The summed E-state index contributed by atoms with van der Waals surface area (Å²) in [6.07, 6.45) is 7.20. The quantitative estimate of drug-likeness (QED) is 0.647. The molecule has 0 aliphatic rings. The molecule has 0 heterocycles. The molecule has 1 aromatic rings. The Kier molecular flexibility index (Phi) is 7.73. The Hall–Kier alpha value is -0.240. The van der Waals surface area contributed by atoms with E-state index in [0.29, 0.717) is 16.5 Å². The minimum absolute atomic E-state index is 0.317. The molecule has 1 rings (SSSR count). The van der Waals surface area contributed by atoms with Crippen molar-refractivity contribution in [1.82, 2.24) is 0 Å². The van der Waals surface area contributed by atoms with Crippen LogP contribution in [0.1, 0.15) is 51.0 Å². The molecule has 0 amide bonds. The van der Waals surface area contributed by atoms with Gasteiger partial charge in [-0.25, -0.2) is 0 Å². The standard InChI is InChI=1S/C15H22Cl2O/c1-2-3-4-5-6-9-13(18)11-12-8-7-10-14(16)15(12)17/h7-8,10,13,18H,2-6,9,11H2,1H3. The average molecular weight is 289 g/mol. The molecule has 0 aliphatic heterocycles. The van der Waals surface area contributed by atoms with Crippen LogP contribution in [-0.4, -0.2) is 11.2 Å². The van der Waals surface area contributed by atoms with Crippen LogP contribution in [0, 0.1) is 0 Å². The lowest BCUT2D eigenvalue weighted by Gasteiger charge is -2.12. The lowest BCUT2D eigenvalue weighted by atomic mass is 10.0. The molecular weight excluding hydrogens is 267 g/mol. The van der Waals surface area contributed by atoms with E-state index in [-0.39, 0.29) is 6.10 Å². The SMILES string of the molecule is CCCCCCCC(O)Cc1cccc(Cl)c1Cl. The molecule has 0 aromatic heterocycles. The molecule has 18 heavy (non-hydrogen) atoms. The van der Waals surface area contributed by atoms with Gasteiger partial charge in [-0.1, -0.05) is 74.4 Å². The molecule has 1 N–H and O–H groups in total. The van der Waals surface area contributed by atoms with Crippen molar-refractivity contribution in [2.45, 2.75) is 58.0 Å². The third-order valence-corrected chi connectivity index (χ3v) is 3.99. The Bertz CT molecular complexity index is 352. The first-order valence-corrected chi connectivity index (χ1v) is 7.51. The molecule has 0 radical (unpaired) electrons. The van der Waals surface area contributed by atoms with Crippen molar-refractivity contribution in [2.24, 2.45) is 0 Å². The number of benzene rings is 1. The van der Waals surface area contributed by atoms with Crippen molar-refractivity contribution >= 4 is 23.2 Å². The zero-order valence-electron chi connectivity index (χ0n) is 11.0. The van der Waals surface area contributed by atoms with Crippen molar-refractivity contribution < 1.29 is 5.11 Å². The number of hydrogen-bond acceptors (Lipinski definition) is 1. The number of aliphatic hydroxyl groups excluding tert-OH is 1. The van der Waals surface area contributed by atoms with Crippen molar-refractivity contribution in [3.63, 3.8) is 0 Å². The van der Waals surface area contributed by atoms with Crippen LogP contribution in [0.15, 0.2) is 18.2 Å². The van der Waals surface area contributed by atoms with E-state index < -0.39 is 0 Å². The van der Waals surface area contributed by atoms with Gasteiger partial charge in [0.2, 0.25) is 0 Å².